The van der Waals surface area contributed by atoms with Crippen LogP contribution in [0.5, 0.6) is 11.5 Å². The molecule has 0 fully saturated rings. The zero-order valence-electron chi connectivity index (χ0n) is 11.4. The number of alkyl halides is 1. The van der Waals surface area contributed by atoms with E-state index in [4.69, 9.17) is 9.47 Å². The second-order valence-electron chi connectivity index (χ2n) is 4.40. The summed E-state index contributed by atoms with van der Waals surface area (Å²) in [6, 6.07) is 15.6. The summed E-state index contributed by atoms with van der Waals surface area (Å²) in [4.78, 5) is 0. The lowest BCUT2D eigenvalue weighted by atomic mass is 9.92. The molecule has 0 spiro atoms. The van der Waals surface area contributed by atoms with E-state index in [2.05, 4.69) is 0 Å². The van der Waals surface area contributed by atoms with Crippen LogP contribution < -0.4 is 9.47 Å². The minimum Gasteiger partial charge on any atom is -0.497 e. The number of hydrogen-bond acceptors (Lipinski definition) is 3. The lowest BCUT2D eigenvalue weighted by molar-refractivity contribution is 0.260. The number of halogens is 1. The minimum absolute atomic E-state index is 0.0765. The van der Waals surface area contributed by atoms with Gasteiger partial charge in [0.2, 0.25) is 0 Å². The van der Waals surface area contributed by atoms with E-state index in [0.717, 1.165) is 22.6 Å². The first-order chi connectivity index (χ1) is 9.65. The summed E-state index contributed by atoms with van der Waals surface area (Å²) in [5.41, 5.74) is 2.11. The highest BCUT2D eigenvalue weighted by atomic mass is 127. The van der Waals surface area contributed by atoms with Crippen LogP contribution in [0.15, 0.2) is 48.5 Å². The highest BCUT2D eigenvalue weighted by molar-refractivity contribution is 14.1. The third-order valence-corrected chi connectivity index (χ3v) is 3.94. The zero-order valence-corrected chi connectivity index (χ0v) is 13.6. The lowest BCUT2D eigenvalue weighted by Gasteiger charge is -2.20. The molecule has 0 heterocycles. The number of aliphatic hydroxyl groups excluding tert-OH is 1. The Morgan fingerprint density at radius 2 is 1.15 bits per heavy atom. The van der Waals surface area contributed by atoms with Crippen molar-refractivity contribution in [1.82, 2.24) is 0 Å². The number of hydrogen-bond donors (Lipinski definition) is 1. The van der Waals surface area contributed by atoms with Crippen molar-refractivity contribution in [2.45, 2.75) is 10.0 Å². The Morgan fingerprint density at radius 3 is 1.40 bits per heavy atom. The molecule has 0 amide bonds. The molecule has 106 valence electrons. The van der Waals surface area contributed by atoms with Crippen LogP contribution in [-0.4, -0.2) is 23.4 Å². The molecule has 0 aliphatic heterocycles. The molecular weight excluding hydrogens is 367 g/mol. The van der Waals surface area contributed by atoms with Crippen LogP contribution in [0.1, 0.15) is 17.0 Å². The van der Waals surface area contributed by atoms with Gasteiger partial charge in [0, 0.05) is 5.92 Å². The van der Waals surface area contributed by atoms with Crippen molar-refractivity contribution < 1.29 is 14.6 Å². The minimum atomic E-state index is -0.505. The third kappa shape index (κ3) is 3.43. The Morgan fingerprint density at radius 1 is 0.800 bits per heavy atom. The number of rotatable bonds is 5. The van der Waals surface area contributed by atoms with Gasteiger partial charge in [-0.1, -0.05) is 46.9 Å². The highest BCUT2D eigenvalue weighted by Crippen LogP contribution is 2.33. The molecule has 0 aromatic heterocycles. The van der Waals surface area contributed by atoms with Crippen molar-refractivity contribution in [3.63, 3.8) is 0 Å². The predicted octanol–water partition coefficient (Wildman–Crippen LogP) is 3.59. The smallest absolute Gasteiger partial charge is 0.118 e. The van der Waals surface area contributed by atoms with Crippen molar-refractivity contribution in [2.75, 3.05) is 14.2 Å². The van der Waals surface area contributed by atoms with Gasteiger partial charge < -0.3 is 14.6 Å². The fraction of sp³-hybridized carbons (Fsp3) is 0.250. The van der Waals surface area contributed by atoms with Gasteiger partial charge in [-0.25, -0.2) is 0 Å². The average molecular weight is 384 g/mol. The summed E-state index contributed by atoms with van der Waals surface area (Å²) in [5.74, 6) is 1.54. The Labute approximate surface area is 132 Å². The first-order valence-electron chi connectivity index (χ1n) is 6.25. The summed E-state index contributed by atoms with van der Waals surface area (Å²) >= 11 is 2.04. The molecule has 1 atom stereocenters. The van der Waals surface area contributed by atoms with E-state index >= 15 is 0 Å². The van der Waals surface area contributed by atoms with Gasteiger partial charge in [0.15, 0.2) is 0 Å². The first kappa shape index (κ1) is 15.1. The van der Waals surface area contributed by atoms with Crippen LogP contribution in [0.4, 0.5) is 0 Å². The molecule has 0 aliphatic carbocycles. The molecule has 2 rings (SSSR count). The van der Waals surface area contributed by atoms with Crippen LogP contribution in [0.2, 0.25) is 0 Å². The Hall–Kier alpha value is -1.27. The molecule has 4 heteroatoms. The number of benzene rings is 2. The standard InChI is InChI=1S/C16H17IO3/c1-19-13-7-3-11(4-8-13)15(16(17)18)12-5-9-14(20-2)10-6-12/h3-10,15-16,18H,1-2H3. The fourth-order valence-electron chi connectivity index (χ4n) is 2.13. The molecule has 3 nitrogen and oxygen atoms in total. The molecule has 20 heavy (non-hydrogen) atoms. The summed E-state index contributed by atoms with van der Waals surface area (Å²) in [6.07, 6.45) is 0. The van der Waals surface area contributed by atoms with Gasteiger partial charge in [0.25, 0.3) is 0 Å². The SMILES string of the molecule is COc1ccc(C(c2ccc(OC)cc2)C(O)I)cc1. The normalized spacial score (nSPS) is 12.2. The largest absolute Gasteiger partial charge is 0.497 e. The van der Waals surface area contributed by atoms with E-state index < -0.39 is 4.11 Å². The summed E-state index contributed by atoms with van der Waals surface area (Å²) < 4.78 is 9.82. The quantitative estimate of drug-likeness (QED) is 0.633. The van der Waals surface area contributed by atoms with Crippen molar-refractivity contribution in [3.8, 4) is 11.5 Å². The lowest BCUT2D eigenvalue weighted by Crippen LogP contribution is -2.13. The topological polar surface area (TPSA) is 38.7 Å². The van der Waals surface area contributed by atoms with Gasteiger partial charge in [0.1, 0.15) is 15.6 Å². The molecule has 0 radical (unpaired) electrons. The predicted molar refractivity (Wildman–Crippen MR) is 87.9 cm³/mol. The van der Waals surface area contributed by atoms with Crippen molar-refractivity contribution in [2.24, 2.45) is 0 Å². The van der Waals surface area contributed by atoms with Gasteiger partial charge in [-0.3, -0.25) is 0 Å². The van der Waals surface area contributed by atoms with Gasteiger partial charge in [-0.15, -0.1) is 0 Å². The van der Waals surface area contributed by atoms with Gasteiger partial charge in [-0.05, 0) is 35.4 Å². The zero-order chi connectivity index (χ0) is 14.5. The Balaban J connectivity index is 2.33. The molecule has 2 aromatic carbocycles. The monoisotopic (exact) mass is 384 g/mol. The summed E-state index contributed by atoms with van der Waals surface area (Å²) in [6.45, 7) is 0. The molecule has 1 unspecified atom stereocenters. The molecule has 2 aromatic rings. The summed E-state index contributed by atoms with van der Waals surface area (Å²) in [5, 5.41) is 10.1. The maximum atomic E-state index is 10.1. The summed E-state index contributed by atoms with van der Waals surface area (Å²) in [7, 11) is 3.28. The average Bonchev–Trinajstić information content (AvgIpc) is 2.48. The van der Waals surface area contributed by atoms with Crippen LogP contribution in [-0.2, 0) is 0 Å². The van der Waals surface area contributed by atoms with Crippen LogP contribution in [0.3, 0.4) is 0 Å². The molecule has 1 N–H and O–H groups in total. The maximum absolute atomic E-state index is 10.1. The molecule has 0 saturated heterocycles. The van der Waals surface area contributed by atoms with E-state index in [-0.39, 0.29) is 5.92 Å². The van der Waals surface area contributed by atoms with Crippen molar-refractivity contribution in [1.29, 1.82) is 0 Å². The van der Waals surface area contributed by atoms with Gasteiger partial charge in [0.05, 0.1) is 14.2 Å². The Bertz CT molecular complexity index is 487. The van der Waals surface area contributed by atoms with Gasteiger partial charge in [-0.2, -0.15) is 0 Å². The first-order valence-corrected chi connectivity index (χ1v) is 7.50. The number of ether oxygens (including phenoxy) is 2. The number of aliphatic hydroxyl groups is 1. The highest BCUT2D eigenvalue weighted by Gasteiger charge is 2.21. The fourth-order valence-corrected chi connectivity index (χ4v) is 2.96. The molecule has 0 aliphatic rings. The van der Waals surface area contributed by atoms with Crippen LogP contribution in [0.25, 0.3) is 0 Å². The number of methoxy groups -OCH3 is 2. The van der Waals surface area contributed by atoms with Crippen molar-refractivity contribution >= 4 is 22.6 Å². The molecular formula is C16H17IO3. The third-order valence-electron chi connectivity index (χ3n) is 3.22. The van der Waals surface area contributed by atoms with E-state index in [1.165, 1.54) is 0 Å². The van der Waals surface area contributed by atoms with E-state index in [9.17, 15) is 5.11 Å². The van der Waals surface area contributed by atoms with E-state index in [1.54, 1.807) is 14.2 Å². The molecule has 0 saturated carbocycles. The second-order valence-corrected chi connectivity index (χ2v) is 5.67. The Kier molecular flexibility index (Phi) is 5.25. The van der Waals surface area contributed by atoms with Crippen molar-refractivity contribution in [3.05, 3.63) is 59.7 Å². The van der Waals surface area contributed by atoms with Crippen LogP contribution in [0, 0.1) is 0 Å². The van der Waals surface area contributed by atoms with E-state index in [0.29, 0.717) is 0 Å². The molecule has 0 bridgehead atoms. The van der Waals surface area contributed by atoms with Gasteiger partial charge >= 0.3 is 0 Å². The maximum Gasteiger partial charge on any atom is 0.118 e. The second kappa shape index (κ2) is 6.95. The van der Waals surface area contributed by atoms with Crippen LogP contribution >= 0.6 is 22.6 Å². The van der Waals surface area contributed by atoms with E-state index in [1.807, 2.05) is 71.1 Å².